The van der Waals surface area contributed by atoms with E-state index in [1.54, 1.807) is 6.20 Å². The second kappa shape index (κ2) is 6.01. The normalized spacial score (nSPS) is 17.7. The second-order valence-corrected chi connectivity index (χ2v) is 6.07. The molecule has 102 valence electrons. The fourth-order valence-corrected chi connectivity index (χ4v) is 3.09. The average molecular weight is 323 g/mol. The molecule has 0 saturated heterocycles. The van der Waals surface area contributed by atoms with Crippen LogP contribution in [-0.2, 0) is 6.54 Å². The Kier molecular flexibility index (Phi) is 4.13. The number of imidazole rings is 1. The van der Waals surface area contributed by atoms with E-state index in [-0.39, 0.29) is 0 Å². The molecule has 2 heterocycles. The number of halogens is 1. The van der Waals surface area contributed by atoms with Crippen LogP contribution in [0.1, 0.15) is 44.2 Å². The lowest BCUT2D eigenvalue weighted by atomic mass is 10.1. The fraction of sp³-hybridized carbons (Fsp3) is 0.571. The summed E-state index contributed by atoms with van der Waals surface area (Å²) in [4.78, 5) is 8.58. The highest BCUT2D eigenvalue weighted by molar-refractivity contribution is 9.10. The van der Waals surface area contributed by atoms with Crippen molar-refractivity contribution in [3.8, 4) is 0 Å². The Hall–Kier alpha value is -0.940. The maximum absolute atomic E-state index is 4.38. The molecule has 0 spiro atoms. The molecule has 1 fully saturated rings. The van der Waals surface area contributed by atoms with Gasteiger partial charge in [-0.05, 0) is 28.8 Å². The molecule has 1 aliphatic carbocycles. The number of hydrogen-bond acceptors (Lipinski definition) is 3. The first-order valence-electron chi connectivity index (χ1n) is 7.04. The molecule has 0 amide bonds. The van der Waals surface area contributed by atoms with E-state index in [0.29, 0.717) is 6.04 Å². The van der Waals surface area contributed by atoms with Crippen molar-refractivity contribution in [1.29, 1.82) is 0 Å². The van der Waals surface area contributed by atoms with Gasteiger partial charge < -0.3 is 5.32 Å². The standard InChI is InChI=1S/C14H19BrN4/c15-13-10-19-12(8-18-14(19)9-17-13)7-16-11-5-3-1-2-4-6-11/h8-11,16H,1-7H2. The van der Waals surface area contributed by atoms with Crippen LogP contribution in [0, 0.1) is 0 Å². The van der Waals surface area contributed by atoms with Gasteiger partial charge in [-0.1, -0.05) is 25.7 Å². The van der Waals surface area contributed by atoms with E-state index in [1.807, 2.05) is 12.4 Å². The highest BCUT2D eigenvalue weighted by Gasteiger charge is 2.12. The molecule has 1 aliphatic rings. The van der Waals surface area contributed by atoms with Crippen LogP contribution in [0.3, 0.4) is 0 Å². The van der Waals surface area contributed by atoms with Crippen molar-refractivity contribution in [2.45, 2.75) is 51.1 Å². The van der Waals surface area contributed by atoms with Gasteiger partial charge in [-0.3, -0.25) is 4.40 Å². The molecule has 0 aromatic carbocycles. The Morgan fingerprint density at radius 1 is 1.16 bits per heavy atom. The van der Waals surface area contributed by atoms with E-state index in [1.165, 1.54) is 44.2 Å². The number of nitrogens with zero attached hydrogens (tertiary/aromatic N) is 3. The number of rotatable bonds is 3. The maximum Gasteiger partial charge on any atom is 0.155 e. The van der Waals surface area contributed by atoms with Gasteiger partial charge in [-0.15, -0.1) is 0 Å². The molecule has 5 heteroatoms. The zero-order chi connectivity index (χ0) is 13.1. The molecule has 3 rings (SSSR count). The molecule has 1 saturated carbocycles. The summed E-state index contributed by atoms with van der Waals surface area (Å²) < 4.78 is 2.94. The number of aromatic nitrogens is 3. The van der Waals surface area contributed by atoms with Crippen LogP contribution in [0.25, 0.3) is 5.65 Å². The first-order chi connectivity index (χ1) is 9.33. The largest absolute Gasteiger partial charge is 0.308 e. The van der Waals surface area contributed by atoms with E-state index in [4.69, 9.17) is 0 Å². The van der Waals surface area contributed by atoms with E-state index in [9.17, 15) is 0 Å². The number of hydrogen-bond donors (Lipinski definition) is 1. The van der Waals surface area contributed by atoms with E-state index in [2.05, 4.69) is 35.6 Å². The molecule has 2 aromatic rings. The monoisotopic (exact) mass is 322 g/mol. The minimum absolute atomic E-state index is 0.665. The average Bonchev–Trinajstić information content (AvgIpc) is 2.63. The third-order valence-corrected chi connectivity index (χ3v) is 4.28. The molecule has 4 nitrogen and oxygen atoms in total. The third-order valence-electron chi connectivity index (χ3n) is 3.87. The Morgan fingerprint density at radius 3 is 2.74 bits per heavy atom. The van der Waals surface area contributed by atoms with Crippen molar-refractivity contribution in [1.82, 2.24) is 19.7 Å². The number of fused-ring (bicyclic) bond motifs is 1. The van der Waals surface area contributed by atoms with E-state index in [0.717, 1.165) is 16.8 Å². The van der Waals surface area contributed by atoms with Gasteiger partial charge in [0.2, 0.25) is 0 Å². The summed E-state index contributed by atoms with van der Waals surface area (Å²) in [5.74, 6) is 0. The molecule has 2 aromatic heterocycles. The first-order valence-corrected chi connectivity index (χ1v) is 7.83. The van der Waals surface area contributed by atoms with Crippen molar-refractivity contribution in [2.75, 3.05) is 0 Å². The van der Waals surface area contributed by atoms with Gasteiger partial charge in [0, 0.05) is 18.8 Å². The van der Waals surface area contributed by atoms with Gasteiger partial charge in [-0.2, -0.15) is 0 Å². The second-order valence-electron chi connectivity index (χ2n) is 5.26. The smallest absolute Gasteiger partial charge is 0.155 e. The molecule has 19 heavy (non-hydrogen) atoms. The molecule has 0 aliphatic heterocycles. The summed E-state index contributed by atoms with van der Waals surface area (Å²) in [6.07, 6.45) is 13.8. The van der Waals surface area contributed by atoms with Gasteiger partial charge >= 0.3 is 0 Å². The summed E-state index contributed by atoms with van der Waals surface area (Å²) in [7, 11) is 0. The van der Waals surface area contributed by atoms with E-state index >= 15 is 0 Å². The Labute approximate surface area is 121 Å². The SMILES string of the molecule is Brc1cn2c(CNC3CCCCCC3)cnc2cn1. The summed E-state index contributed by atoms with van der Waals surface area (Å²) in [6, 6.07) is 0.665. The fourth-order valence-electron chi connectivity index (χ4n) is 2.78. The van der Waals surface area contributed by atoms with Crippen LogP contribution in [0.2, 0.25) is 0 Å². The predicted octanol–water partition coefficient (Wildman–Crippen LogP) is 3.30. The van der Waals surface area contributed by atoms with Gasteiger partial charge in [0.15, 0.2) is 5.65 Å². The summed E-state index contributed by atoms with van der Waals surface area (Å²) >= 11 is 3.41. The number of nitrogens with one attached hydrogen (secondary N) is 1. The van der Waals surface area contributed by atoms with E-state index < -0.39 is 0 Å². The van der Waals surface area contributed by atoms with Gasteiger partial charge in [0.05, 0.1) is 18.1 Å². The van der Waals surface area contributed by atoms with Crippen LogP contribution in [0.15, 0.2) is 23.2 Å². The van der Waals surface area contributed by atoms with Crippen LogP contribution in [-0.4, -0.2) is 20.4 Å². The summed E-state index contributed by atoms with van der Waals surface area (Å²) in [5, 5.41) is 3.68. The Balaban J connectivity index is 1.69. The molecular formula is C14H19BrN4. The van der Waals surface area contributed by atoms with Crippen molar-refractivity contribution >= 4 is 21.6 Å². The molecule has 0 atom stereocenters. The quantitative estimate of drug-likeness (QED) is 0.881. The van der Waals surface area contributed by atoms with Gasteiger partial charge in [-0.25, -0.2) is 9.97 Å². The Bertz CT molecular complexity index is 543. The van der Waals surface area contributed by atoms with Crippen molar-refractivity contribution in [2.24, 2.45) is 0 Å². The van der Waals surface area contributed by atoms with Crippen LogP contribution < -0.4 is 5.32 Å². The van der Waals surface area contributed by atoms with Crippen LogP contribution in [0.4, 0.5) is 0 Å². The van der Waals surface area contributed by atoms with Gasteiger partial charge in [0.1, 0.15) is 4.60 Å². The molecular weight excluding hydrogens is 304 g/mol. The third kappa shape index (κ3) is 3.15. The Morgan fingerprint density at radius 2 is 1.95 bits per heavy atom. The van der Waals surface area contributed by atoms with Gasteiger partial charge in [0.25, 0.3) is 0 Å². The van der Waals surface area contributed by atoms with Crippen molar-refractivity contribution in [3.63, 3.8) is 0 Å². The lowest BCUT2D eigenvalue weighted by Crippen LogP contribution is -2.28. The van der Waals surface area contributed by atoms with Crippen LogP contribution >= 0.6 is 15.9 Å². The first kappa shape index (κ1) is 13.1. The van der Waals surface area contributed by atoms with Crippen LogP contribution in [0.5, 0.6) is 0 Å². The molecule has 0 bridgehead atoms. The van der Waals surface area contributed by atoms with Crippen molar-refractivity contribution < 1.29 is 0 Å². The lowest BCUT2D eigenvalue weighted by Gasteiger charge is -2.15. The molecule has 1 N–H and O–H groups in total. The minimum atomic E-state index is 0.665. The summed E-state index contributed by atoms with van der Waals surface area (Å²) in [5.41, 5.74) is 2.10. The topological polar surface area (TPSA) is 42.2 Å². The zero-order valence-corrected chi connectivity index (χ0v) is 12.6. The summed E-state index contributed by atoms with van der Waals surface area (Å²) in [6.45, 7) is 0.877. The predicted molar refractivity (Wildman–Crippen MR) is 79.0 cm³/mol. The minimum Gasteiger partial charge on any atom is -0.308 e. The molecule has 0 radical (unpaired) electrons. The molecule has 0 unspecified atom stereocenters. The zero-order valence-electron chi connectivity index (χ0n) is 11.0. The highest BCUT2D eigenvalue weighted by atomic mass is 79.9. The lowest BCUT2D eigenvalue weighted by molar-refractivity contribution is 0.455. The highest BCUT2D eigenvalue weighted by Crippen LogP contribution is 2.18. The van der Waals surface area contributed by atoms with Crippen molar-refractivity contribution in [3.05, 3.63) is 28.9 Å². The maximum atomic E-state index is 4.38.